The second kappa shape index (κ2) is 4.54. The summed E-state index contributed by atoms with van der Waals surface area (Å²) >= 11 is 1.81. The zero-order chi connectivity index (χ0) is 14.5. The van der Waals surface area contributed by atoms with Crippen LogP contribution < -0.4 is 5.32 Å². The summed E-state index contributed by atoms with van der Waals surface area (Å²) in [5.74, 6) is 0. The van der Waals surface area contributed by atoms with Crippen LogP contribution in [0.4, 0.5) is 0 Å². The third-order valence-corrected chi connectivity index (χ3v) is 5.44. The molecule has 1 atom stereocenters. The van der Waals surface area contributed by atoms with Gasteiger partial charge >= 0.3 is 0 Å². The van der Waals surface area contributed by atoms with E-state index in [1.807, 2.05) is 18.4 Å². The minimum atomic E-state index is -0.263. The van der Waals surface area contributed by atoms with Crippen molar-refractivity contribution in [2.24, 2.45) is 0 Å². The molecular weight excluding hydrogens is 256 g/mol. The lowest BCUT2D eigenvalue weighted by molar-refractivity contribution is -0.0834. The van der Waals surface area contributed by atoms with Gasteiger partial charge < -0.3 is 10.1 Å². The molecule has 0 radical (unpaired) electrons. The van der Waals surface area contributed by atoms with Gasteiger partial charge in [0.25, 0.3) is 0 Å². The van der Waals surface area contributed by atoms with Gasteiger partial charge in [-0.05, 0) is 48.1 Å². The Labute approximate surface area is 120 Å². The maximum Gasteiger partial charge on any atom is 0.116 e. The normalized spacial score (nSPS) is 28.8. The molecule has 0 aliphatic carbocycles. The van der Waals surface area contributed by atoms with Crippen molar-refractivity contribution in [3.63, 3.8) is 0 Å². The first-order valence-electron chi connectivity index (χ1n) is 7.03. The van der Waals surface area contributed by atoms with Crippen LogP contribution in [0.2, 0.25) is 0 Å². The van der Waals surface area contributed by atoms with Gasteiger partial charge in [-0.3, -0.25) is 0 Å². The number of thiazole rings is 1. The van der Waals surface area contributed by atoms with Crippen LogP contribution in [-0.2, 0) is 16.7 Å². The second-order valence-corrected chi connectivity index (χ2v) is 7.78. The van der Waals surface area contributed by atoms with Crippen molar-refractivity contribution in [1.29, 1.82) is 0 Å². The van der Waals surface area contributed by atoms with E-state index in [0.717, 1.165) is 12.8 Å². The van der Waals surface area contributed by atoms with E-state index in [1.165, 1.54) is 15.6 Å². The van der Waals surface area contributed by atoms with Crippen LogP contribution in [0.3, 0.4) is 0 Å². The molecule has 0 saturated carbocycles. The fourth-order valence-electron chi connectivity index (χ4n) is 3.43. The molecule has 1 aromatic heterocycles. The highest BCUT2D eigenvalue weighted by molar-refractivity contribution is 7.11. The minimum Gasteiger partial charge on any atom is -0.367 e. The largest absolute Gasteiger partial charge is 0.367 e. The Hall–Kier alpha value is -0.450. The molecule has 2 heterocycles. The van der Waals surface area contributed by atoms with Crippen molar-refractivity contribution in [1.82, 2.24) is 10.3 Å². The summed E-state index contributed by atoms with van der Waals surface area (Å²) in [6.07, 6.45) is 1.94. The van der Waals surface area contributed by atoms with Crippen LogP contribution in [0.15, 0.2) is 0 Å². The molecule has 1 N–H and O–H groups in total. The van der Waals surface area contributed by atoms with Gasteiger partial charge in [0.05, 0.1) is 16.9 Å². The number of hydrogen-bond acceptors (Lipinski definition) is 4. The molecule has 2 rings (SSSR count). The topological polar surface area (TPSA) is 34.2 Å². The number of aryl methyl sites for hydroxylation is 2. The molecule has 1 saturated heterocycles. The number of likely N-dealkylation sites (N-methyl/N-ethyl adjacent to an activating group) is 1. The summed E-state index contributed by atoms with van der Waals surface area (Å²) in [5, 5.41) is 4.69. The van der Waals surface area contributed by atoms with E-state index >= 15 is 0 Å². The van der Waals surface area contributed by atoms with E-state index < -0.39 is 0 Å². The van der Waals surface area contributed by atoms with Crippen molar-refractivity contribution in [2.45, 2.75) is 71.1 Å². The Kier molecular flexibility index (Phi) is 3.57. The molecule has 108 valence electrons. The number of aromatic nitrogens is 1. The van der Waals surface area contributed by atoms with Gasteiger partial charge in [-0.1, -0.05) is 6.92 Å². The number of rotatable bonds is 3. The van der Waals surface area contributed by atoms with E-state index in [4.69, 9.17) is 9.72 Å². The molecular formula is C15H26N2OS. The first-order valence-corrected chi connectivity index (χ1v) is 7.85. The molecule has 4 heteroatoms. The third-order valence-electron chi connectivity index (χ3n) is 4.27. The van der Waals surface area contributed by atoms with Gasteiger partial charge in [-0.15, -0.1) is 11.3 Å². The number of ether oxygens (including phenoxy) is 1. The van der Waals surface area contributed by atoms with E-state index in [0.29, 0.717) is 0 Å². The minimum absolute atomic E-state index is 0.127. The molecule has 1 aromatic rings. The summed E-state index contributed by atoms with van der Waals surface area (Å²) in [7, 11) is 2.02. The SMILES string of the molecule is CCc1nc(C2(NC)CC(C)(C)OC2(C)C)sc1C. The Morgan fingerprint density at radius 2 is 1.95 bits per heavy atom. The summed E-state index contributed by atoms with van der Waals surface area (Å²) in [6, 6.07) is 0. The Balaban J connectivity index is 2.53. The van der Waals surface area contributed by atoms with Crippen molar-refractivity contribution >= 4 is 11.3 Å². The molecule has 0 spiro atoms. The second-order valence-electron chi connectivity index (χ2n) is 6.58. The van der Waals surface area contributed by atoms with Crippen molar-refractivity contribution in [3.05, 3.63) is 15.6 Å². The highest BCUT2D eigenvalue weighted by Gasteiger charge is 2.59. The average Bonchev–Trinajstić information content (AvgIpc) is 2.73. The lowest BCUT2D eigenvalue weighted by Gasteiger charge is -2.38. The zero-order valence-corrected chi connectivity index (χ0v) is 14.0. The van der Waals surface area contributed by atoms with Crippen LogP contribution in [0.25, 0.3) is 0 Å². The van der Waals surface area contributed by atoms with Gasteiger partial charge in [-0.25, -0.2) is 4.98 Å². The van der Waals surface area contributed by atoms with Gasteiger partial charge in [0.1, 0.15) is 10.5 Å². The number of nitrogens with one attached hydrogen (secondary N) is 1. The predicted molar refractivity (Wildman–Crippen MR) is 80.8 cm³/mol. The Morgan fingerprint density at radius 1 is 1.32 bits per heavy atom. The fraction of sp³-hybridized carbons (Fsp3) is 0.800. The molecule has 1 aliphatic heterocycles. The van der Waals surface area contributed by atoms with Gasteiger partial charge in [0, 0.05) is 11.3 Å². The molecule has 1 unspecified atom stereocenters. The summed E-state index contributed by atoms with van der Waals surface area (Å²) in [4.78, 5) is 6.22. The van der Waals surface area contributed by atoms with Gasteiger partial charge in [0.15, 0.2) is 0 Å². The van der Waals surface area contributed by atoms with E-state index in [-0.39, 0.29) is 16.7 Å². The Morgan fingerprint density at radius 3 is 2.32 bits per heavy atom. The van der Waals surface area contributed by atoms with E-state index in [2.05, 4.69) is 46.9 Å². The highest BCUT2D eigenvalue weighted by Crippen LogP contribution is 2.51. The molecule has 0 bridgehead atoms. The average molecular weight is 282 g/mol. The lowest BCUT2D eigenvalue weighted by atomic mass is 9.79. The standard InChI is InChI=1S/C15H26N2OS/c1-8-11-10(2)19-12(17-11)15(16-7)9-13(3,4)18-14(15,5)6/h16H,8-9H2,1-7H3. The van der Waals surface area contributed by atoms with Crippen LogP contribution in [0, 0.1) is 6.92 Å². The van der Waals surface area contributed by atoms with Crippen LogP contribution in [-0.4, -0.2) is 23.2 Å². The fourth-order valence-corrected chi connectivity index (χ4v) is 4.78. The maximum atomic E-state index is 6.28. The van der Waals surface area contributed by atoms with Crippen LogP contribution >= 0.6 is 11.3 Å². The summed E-state index contributed by atoms with van der Waals surface area (Å²) < 4.78 is 6.28. The first-order chi connectivity index (χ1) is 8.67. The van der Waals surface area contributed by atoms with Crippen LogP contribution in [0.5, 0.6) is 0 Å². The summed E-state index contributed by atoms with van der Waals surface area (Å²) in [5.41, 5.74) is 0.633. The molecule has 0 aromatic carbocycles. The summed E-state index contributed by atoms with van der Waals surface area (Å²) in [6.45, 7) is 13.0. The molecule has 3 nitrogen and oxygen atoms in total. The zero-order valence-electron chi connectivity index (χ0n) is 13.2. The van der Waals surface area contributed by atoms with E-state index in [9.17, 15) is 0 Å². The quantitative estimate of drug-likeness (QED) is 0.922. The highest BCUT2D eigenvalue weighted by atomic mass is 32.1. The number of nitrogens with zero attached hydrogens (tertiary/aromatic N) is 1. The molecule has 0 amide bonds. The molecule has 19 heavy (non-hydrogen) atoms. The number of hydrogen-bond donors (Lipinski definition) is 1. The first kappa shape index (κ1) is 14.9. The monoisotopic (exact) mass is 282 g/mol. The van der Waals surface area contributed by atoms with Gasteiger partial charge in [0.2, 0.25) is 0 Å². The van der Waals surface area contributed by atoms with Gasteiger partial charge in [-0.2, -0.15) is 0 Å². The van der Waals surface area contributed by atoms with Crippen molar-refractivity contribution in [2.75, 3.05) is 7.05 Å². The maximum absolute atomic E-state index is 6.28. The molecule has 1 aliphatic rings. The Bertz CT molecular complexity index is 478. The lowest BCUT2D eigenvalue weighted by Crippen LogP contribution is -2.53. The predicted octanol–water partition coefficient (Wildman–Crippen LogP) is 3.41. The van der Waals surface area contributed by atoms with Crippen molar-refractivity contribution < 1.29 is 4.74 Å². The molecule has 1 fully saturated rings. The van der Waals surface area contributed by atoms with Crippen LogP contribution in [0.1, 0.15) is 56.6 Å². The van der Waals surface area contributed by atoms with E-state index in [1.54, 1.807) is 0 Å². The van der Waals surface area contributed by atoms with Crippen molar-refractivity contribution in [3.8, 4) is 0 Å². The third kappa shape index (κ3) is 2.24. The smallest absolute Gasteiger partial charge is 0.116 e.